The van der Waals surface area contributed by atoms with Crippen LogP contribution in [0, 0.1) is 12.8 Å². The van der Waals surface area contributed by atoms with Crippen molar-refractivity contribution in [2.75, 3.05) is 6.61 Å². The van der Waals surface area contributed by atoms with Gasteiger partial charge in [0.25, 0.3) is 0 Å². The number of fused-ring (bicyclic) bond motifs is 1. The molecule has 29 heavy (non-hydrogen) atoms. The zero-order valence-electron chi connectivity index (χ0n) is 18.5. The molecule has 2 aromatic carbocycles. The molecule has 0 N–H and O–H groups in total. The number of allylic oxidation sites excluding steroid dienone is 2. The molecule has 0 spiro atoms. The summed E-state index contributed by atoms with van der Waals surface area (Å²) < 4.78 is 5.05. The fraction of sp³-hybridized carbons (Fsp3) is 0.370. The normalized spacial score (nSPS) is 15.3. The van der Waals surface area contributed by atoms with E-state index in [0.717, 1.165) is 12.0 Å². The highest BCUT2D eigenvalue weighted by molar-refractivity contribution is 5.89. The van der Waals surface area contributed by atoms with E-state index in [1.54, 1.807) is 0 Å². The number of benzene rings is 2. The Bertz CT molecular complexity index is 957. The number of esters is 1. The van der Waals surface area contributed by atoms with Crippen molar-refractivity contribution in [3.05, 3.63) is 75.9 Å². The van der Waals surface area contributed by atoms with Crippen LogP contribution < -0.4 is 0 Å². The number of rotatable bonds is 5. The van der Waals surface area contributed by atoms with Crippen molar-refractivity contribution in [3.63, 3.8) is 0 Å². The van der Waals surface area contributed by atoms with Gasteiger partial charge in [0, 0.05) is 0 Å². The van der Waals surface area contributed by atoms with Crippen LogP contribution in [0.2, 0.25) is 0 Å². The Morgan fingerprint density at radius 3 is 2.45 bits per heavy atom. The monoisotopic (exact) mass is 388 g/mol. The van der Waals surface area contributed by atoms with Gasteiger partial charge in [-0.05, 0) is 83.2 Å². The average molecular weight is 389 g/mol. The van der Waals surface area contributed by atoms with E-state index in [2.05, 4.69) is 65.0 Å². The third-order valence-corrected chi connectivity index (χ3v) is 5.78. The Kier molecular flexibility index (Phi) is 6.12. The summed E-state index contributed by atoms with van der Waals surface area (Å²) in [6, 6.07) is 12.3. The lowest BCUT2D eigenvalue weighted by Gasteiger charge is -2.34. The fourth-order valence-electron chi connectivity index (χ4n) is 3.97. The molecule has 2 nitrogen and oxygen atoms in total. The molecule has 0 unspecified atom stereocenters. The van der Waals surface area contributed by atoms with Crippen molar-refractivity contribution < 1.29 is 9.53 Å². The molecule has 0 heterocycles. The van der Waals surface area contributed by atoms with E-state index in [9.17, 15) is 4.79 Å². The smallest absolute Gasteiger partial charge is 0.338 e. The van der Waals surface area contributed by atoms with Crippen LogP contribution in [-0.2, 0) is 10.2 Å². The molecule has 0 saturated heterocycles. The van der Waals surface area contributed by atoms with Crippen LogP contribution in [0.4, 0.5) is 0 Å². The lowest BCUT2D eigenvalue weighted by molar-refractivity contribution is 0.0526. The molecule has 0 aromatic heterocycles. The van der Waals surface area contributed by atoms with Crippen molar-refractivity contribution in [3.8, 4) is 0 Å². The van der Waals surface area contributed by atoms with Gasteiger partial charge in [0.2, 0.25) is 0 Å². The number of aryl methyl sites for hydroxylation is 1. The third kappa shape index (κ3) is 4.53. The second-order valence-corrected chi connectivity index (χ2v) is 8.83. The molecule has 2 heteroatoms. The maximum absolute atomic E-state index is 11.8. The van der Waals surface area contributed by atoms with Crippen LogP contribution in [0.1, 0.15) is 79.2 Å². The van der Waals surface area contributed by atoms with Crippen molar-refractivity contribution in [1.29, 1.82) is 0 Å². The summed E-state index contributed by atoms with van der Waals surface area (Å²) >= 11 is 0. The van der Waals surface area contributed by atoms with Crippen LogP contribution in [0.3, 0.4) is 0 Å². The Morgan fingerprint density at radius 1 is 1.14 bits per heavy atom. The van der Waals surface area contributed by atoms with Gasteiger partial charge in [0.1, 0.15) is 0 Å². The minimum Gasteiger partial charge on any atom is -0.462 e. The van der Waals surface area contributed by atoms with Gasteiger partial charge in [0.05, 0.1) is 12.2 Å². The third-order valence-electron chi connectivity index (χ3n) is 5.78. The molecule has 0 fully saturated rings. The summed E-state index contributed by atoms with van der Waals surface area (Å²) in [5.74, 6) is 0.240. The maximum Gasteiger partial charge on any atom is 0.338 e. The van der Waals surface area contributed by atoms with E-state index in [4.69, 9.17) is 4.74 Å². The number of hydrogen-bond acceptors (Lipinski definition) is 2. The van der Waals surface area contributed by atoms with Crippen molar-refractivity contribution in [2.24, 2.45) is 5.92 Å². The highest BCUT2D eigenvalue weighted by atomic mass is 16.5. The highest BCUT2D eigenvalue weighted by Crippen LogP contribution is 2.42. The minimum absolute atomic E-state index is 0.170. The highest BCUT2D eigenvalue weighted by Gasteiger charge is 2.29. The summed E-state index contributed by atoms with van der Waals surface area (Å²) in [5, 5.41) is 0. The first-order valence-electron chi connectivity index (χ1n) is 10.5. The number of carbonyl (C=O) groups excluding carboxylic acids is 1. The van der Waals surface area contributed by atoms with E-state index in [0.29, 0.717) is 18.1 Å². The van der Waals surface area contributed by atoms with Gasteiger partial charge in [0.15, 0.2) is 0 Å². The number of hydrogen-bond donors (Lipinski definition) is 0. The van der Waals surface area contributed by atoms with E-state index < -0.39 is 0 Å². The second kappa shape index (κ2) is 8.41. The zero-order chi connectivity index (χ0) is 21.2. The SMILES string of the molecule is CCOC(=O)c1ccc(C=Cc2cc3c(cc2C)C(C)(C)CC=C3C(C)C)cc1. The van der Waals surface area contributed by atoms with Crippen molar-refractivity contribution in [1.82, 2.24) is 0 Å². The zero-order valence-corrected chi connectivity index (χ0v) is 18.5. The molecule has 1 aliphatic carbocycles. The number of ether oxygens (including phenoxy) is 1. The molecule has 0 saturated carbocycles. The molecule has 152 valence electrons. The standard InChI is InChI=1S/C27H32O2/c1-7-29-26(28)21-11-8-20(9-12-21)10-13-22-17-24-23(18(2)3)14-15-27(5,6)25(24)16-19(22)4/h8-14,16-18H,7,15H2,1-6H3. The van der Waals surface area contributed by atoms with Crippen LogP contribution in [0.15, 0.2) is 42.5 Å². The molecule has 2 aromatic rings. The number of carbonyl (C=O) groups is 1. The first-order valence-corrected chi connectivity index (χ1v) is 10.5. The summed E-state index contributed by atoms with van der Waals surface area (Å²) in [6.07, 6.45) is 7.80. The fourth-order valence-corrected chi connectivity index (χ4v) is 3.97. The average Bonchev–Trinajstić information content (AvgIpc) is 2.67. The van der Waals surface area contributed by atoms with Gasteiger partial charge in [-0.15, -0.1) is 0 Å². The Balaban J connectivity index is 1.92. The summed E-state index contributed by atoms with van der Waals surface area (Å²) in [5.41, 5.74) is 8.65. The van der Waals surface area contributed by atoms with Crippen molar-refractivity contribution >= 4 is 23.7 Å². The first-order chi connectivity index (χ1) is 13.7. The molecule has 0 aliphatic heterocycles. The first kappa shape index (κ1) is 21.1. The Hall–Kier alpha value is -2.61. The molecule has 0 atom stereocenters. The summed E-state index contributed by atoms with van der Waals surface area (Å²) in [7, 11) is 0. The van der Waals surface area contributed by atoms with Gasteiger partial charge in [-0.2, -0.15) is 0 Å². The summed E-state index contributed by atoms with van der Waals surface area (Å²) in [4.78, 5) is 11.8. The minimum atomic E-state index is -0.274. The molecule has 0 amide bonds. The molecule has 0 bridgehead atoms. The van der Waals surface area contributed by atoms with Gasteiger partial charge < -0.3 is 4.74 Å². The van der Waals surface area contributed by atoms with Gasteiger partial charge in [-0.1, -0.05) is 64.1 Å². The quantitative estimate of drug-likeness (QED) is 0.405. The lowest BCUT2D eigenvalue weighted by atomic mass is 9.70. The second-order valence-electron chi connectivity index (χ2n) is 8.83. The van der Waals surface area contributed by atoms with E-state index in [1.807, 2.05) is 31.2 Å². The van der Waals surface area contributed by atoms with Crippen LogP contribution in [0.5, 0.6) is 0 Å². The van der Waals surface area contributed by atoms with Crippen molar-refractivity contribution in [2.45, 2.75) is 53.4 Å². The topological polar surface area (TPSA) is 26.3 Å². The largest absolute Gasteiger partial charge is 0.462 e. The summed E-state index contributed by atoms with van der Waals surface area (Å²) in [6.45, 7) is 13.6. The van der Waals surface area contributed by atoms with Crippen LogP contribution in [-0.4, -0.2) is 12.6 Å². The molecule has 3 rings (SSSR count). The van der Waals surface area contributed by atoms with Crippen LogP contribution >= 0.6 is 0 Å². The van der Waals surface area contributed by atoms with E-state index >= 15 is 0 Å². The van der Waals surface area contributed by atoms with E-state index in [-0.39, 0.29) is 11.4 Å². The van der Waals surface area contributed by atoms with Gasteiger partial charge in [-0.25, -0.2) is 4.79 Å². The molecular formula is C27H32O2. The predicted octanol–water partition coefficient (Wildman–Crippen LogP) is 7.06. The molecular weight excluding hydrogens is 356 g/mol. The maximum atomic E-state index is 11.8. The molecule has 0 radical (unpaired) electrons. The Morgan fingerprint density at radius 2 is 1.83 bits per heavy atom. The van der Waals surface area contributed by atoms with E-state index in [1.165, 1.54) is 27.8 Å². The molecule has 1 aliphatic rings. The predicted molar refractivity (Wildman–Crippen MR) is 123 cm³/mol. The Labute approximate surface area is 175 Å². The lowest BCUT2D eigenvalue weighted by Crippen LogP contribution is -2.23. The van der Waals surface area contributed by atoms with Gasteiger partial charge in [-0.3, -0.25) is 0 Å². The van der Waals surface area contributed by atoms with Crippen LogP contribution in [0.25, 0.3) is 17.7 Å². The van der Waals surface area contributed by atoms with Gasteiger partial charge >= 0.3 is 5.97 Å².